The fourth-order valence-corrected chi connectivity index (χ4v) is 3.07. The predicted octanol–water partition coefficient (Wildman–Crippen LogP) is 1.57. The van der Waals surface area contributed by atoms with Crippen LogP contribution in [0.2, 0.25) is 0 Å². The van der Waals surface area contributed by atoms with E-state index in [1.807, 2.05) is 31.2 Å². The number of carbonyl (C=O) groups is 1. The monoisotopic (exact) mass is 321 g/mol. The van der Waals surface area contributed by atoms with Gasteiger partial charge in [0.1, 0.15) is 6.61 Å². The lowest BCUT2D eigenvalue weighted by Gasteiger charge is -2.45. The number of ketones is 1. The van der Waals surface area contributed by atoms with Gasteiger partial charge in [0.25, 0.3) is 0 Å². The summed E-state index contributed by atoms with van der Waals surface area (Å²) >= 11 is 0. The second-order valence-corrected chi connectivity index (χ2v) is 6.29. The normalized spacial score (nSPS) is 26.7. The maximum absolute atomic E-state index is 10.9. The Hall–Kier alpha value is -1.43. The number of anilines is 1. The zero-order valence-corrected chi connectivity index (χ0v) is 14.1. The predicted molar refractivity (Wildman–Crippen MR) is 89.7 cm³/mol. The van der Waals surface area contributed by atoms with Crippen LogP contribution in [0.4, 0.5) is 5.69 Å². The summed E-state index contributed by atoms with van der Waals surface area (Å²) in [4.78, 5) is 13.0. The van der Waals surface area contributed by atoms with Gasteiger partial charge >= 0.3 is 0 Å². The van der Waals surface area contributed by atoms with Gasteiger partial charge in [-0.15, -0.1) is 0 Å². The van der Waals surface area contributed by atoms with E-state index in [9.17, 15) is 15.0 Å². The van der Waals surface area contributed by atoms with Crippen molar-refractivity contribution >= 4 is 11.5 Å². The highest BCUT2D eigenvalue weighted by Gasteiger charge is 2.46. The molecule has 2 N–H and O–H groups in total. The molecule has 0 spiro atoms. The minimum Gasteiger partial charge on any atom is -0.392 e. The second-order valence-electron chi connectivity index (χ2n) is 6.29. The molecule has 0 radical (unpaired) electrons. The molecular weight excluding hydrogens is 294 g/mol. The molecule has 1 aromatic rings. The number of aliphatic hydroxyl groups is 2. The molecule has 0 amide bonds. The van der Waals surface area contributed by atoms with Crippen LogP contribution >= 0.6 is 0 Å². The van der Waals surface area contributed by atoms with Gasteiger partial charge in [-0.05, 0) is 31.5 Å². The van der Waals surface area contributed by atoms with Crippen LogP contribution in [0.25, 0.3) is 0 Å². The van der Waals surface area contributed by atoms with E-state index < -0.39 is 12.2 Å². The van der Waals surface area contributed by atoms with Crippen molar-refractivity contribution in [2.45, 2.75) is 38.9 Å². The van der Waals surface area contributed by atoms with E-state index in [1.165, 1.54) is 6.92 Å². The molecular formula is C18H27NO4. The fraction of sp³-hybridized carbons (Fsp3) is 0.611. The van der Waals surface area contributed by atoms with Gasteiger partial charge in [0.15, 0.2) is 5.78 Å². The summed E-state index contributed by atoms with van der Waals surface area (Å²) in [5.74, 6) is -0.220. The van der Waals surface area contributed by atoms with Gasteiger partial charge in [-0.3, -0.25) is 4.79 Å². The third-order valence-electron chi connectivity index (χ3n) is 4.65. The second kappa shape index (κ2) is 7.90. The highest BCUT2D eigenvalue weighted by atomic mass is 16.5. The molecule has 1 saturated carbocycles. The van der Waals surface area contributed by atoms with Gasteiger partial charge in [0, 0.05) is 30.6 Å². The topological polar surface area (TPSA) is 70.0 Å². The van der Waals surface area contributed by atoms with Crippen LogP contribution in [0.1, 0.15) is 32.3 Å². The molecule has 1 aromatic carbocycles. The van der Waals surface area contributed by atoms with E-state index in [0.717, 1.165) is 24.3 Å². The zero-order chi connectivity index (χ0) is 17.0. The van der Waals surface area contributed by atoms with Crippen molar-refractivity contribution < 1.29 is 19.7 Å². The Labute approximate surface area is 137 Å². The molecule has 0 aromatic heterocycles. The van der Waals surface area contributed by atoms with E-state index in [2.05, 4.69) is 11.8 Å². The highest BCUT2D eigenvalue weighted by molar-refractivity contribution is 5.76. The van der Waals surface area contributed by atoms with E-state index in [1.54, 1.807) is 0 Å². The number of hydrogen-bond donors (Lipinski definition) is 2. The average Bonchev–Trinajstić information content (AvgIpc) is 2.55. The summed E-state index contributed by atoms with van der Waals surface area (Å²) in [7, 11) is 0. The lowest BCUT2D eigenvalue weighted by Crippen LogP contribution is -2.51. The third kappa shape index (κ3) is 4.10. The molecule has 2 unspecified atom stereocenters. The molecule has 0 saturated heterocycles. The smallest absolute Gasteiger partial charge is 0.155 e. The van der Waals surface area contributed by atoms with Crippen molar-refractivity contribution in [3.8, 4) is 0 Å². The molecule has 2 rings (SSSR count). The number of carbonyl (C=O) groups excluding carboxylic acids is 1. The minimum absolute atomic E-state index is 0.0317. The van der Waals surface area contributed by atoms with Crippen LogP contribution in [0.3, 0.4) is 0 Å². The lowest BCUT2D eigenvalue weighted by atomic mass is 9.67. The van der Waals surface area contributed by atoms with E-state index in [0.29, 0.717) is 6.61 Å². The molecule has 0 aliphatic heterocycles. The van der Waals surface area contributed by atoms with Gasteiger partial charge in [0.05, 0.1) is 18.8 Å². The molecule has 128 valence electrons. The lowest BCUT2D eigenvalue weighted by molar-refractivity contribution is -0.121. The molecule has 2 atom stereocenters. The number of likely N-dealkylation sites (N-methyl/N-ethyl adjacent to an activating group) is 1. The molecule has 23 heavy (non-hydrogen) atoms. The summed E-state index contributed by atoms with van der Waals surface area (Å²) in [6.07, 6.45) is -0.948. The van der Waals surface area contributed by atoms with Crippen molar-refractivity contribution in [2.75, 3.05) is 31.2 Å². The fourth-order valence-electron chi connectivity index (χ4n) is 3.07. The molecule has 5 nitrogen and oxygen atoms in total. The third-order valence-corrected chi connectivity index (χ3v) is 4.65. The van der Waals surface area contributed by atoms with Gasteiger partial charge in [-0.1, -0.05) is 19.1 Å². The molecule has 5 heteroatoms. The van der Waals surface area contributed by atoms with Crippen LogP contribution in [-0.4, -0.2) is 54.5 Å². The molecule has 0 heterocycles. The van der Waals surface area contributed by atoms with Gasteiger partial charge < -0.3 is 19.8 Å². The van der Waals surface area contributed by atoms with Crippen molar-refractivity contribution in [1.82, 2.24) is 0 Å². The Morgan fingerprint density at radius 1 is 1.22 bits per heavy atom. The summed E-state index contributed by atoms with van der Waals surface area (Å²) in [6.45, 7) is 7.67. The van der Waals surface area contributed by atoms with E-state index in [4.69, 9.17) is 4.74 Å². The largest absolute Gasteiger partial charge is 0.392 e. The zero-order valence-electron chi connectivity index (χ0n) is 14.1. The maximum atomic E-state index is 10.9. The Morgan fingerprint density at radius 2 is 1.83 bits per heavy atom. The summed E-state index contributed by atoms with van der Waals surface area (Å²) in [5.41, 5.74) is 2.04. The Morgan fingerprint density at radius 3 is 2.35 bits per heavy atom. The van der Waals surface area contributed by atoms with Gasteiger partial charge in [-0.2, -0.15) is 0 Å². The van der Waals surface area contributed by atoms with Gasteiger partial charge in [-0.25, -0.2) is 0 Å². The van der Waals surface area contributed by atoms with Gasteiger partial charge in [0.2, 0.25) is 0 Å². The number of benzene rings is 1. The first-order valence-electron chi connectivity index (χ1n) is 8.24. The maximum Gasteiger partial charge on any atom is 0.155 e. The average molecular weight is 321 g/mol. The first-order chi connectivity index (χ1) is 11.0. The summed E-state index contributed by atoms with van der Waals surface area (Å²) < 4.78 is 5.32. The molecule has 1 fully saturated rings. The van der Waals surface area contributed by atoms with Crippen LogP contribution < -0.4 is 4.90 Å². The van der Waals surface area contributed by atoms with Crippen LogP contribution in [0, 0.1) is 5.92 Å². The first kappa shape index (κ1) is 17.9. The van der Waals surface area contributed by atoms with Crippen molar-refractivity contribution in [1.29, 1.82) is 0 Å². The Balaban J connectivity index is 1.93. The summed E-state index contributed by atoms with van der Waals surface area (Å²) in [5, 5.41) is 20.0. The molecule has 1 aliphatic rings. The summed E-state index contributed by atoms with van der Waals surface area (Å²) in [6, 6.07) is 7.95. The van der Waals surface area contributed by atoms with Crippen LogP contribution in [0.15, 0.2) is 24.3 Å². The minimum atomic E-state index is -0.474. The first-order valence-corrected chi connectivity index (χ1v) is 8.24. The quantitative estimate of drug-likeness (QED) is 0.711. The van der Waals surface area contributed by atoms with Crippen LogP contribution in [0.5, 0.6) is 0 Å². The van der Waals surface area contributed by atoms with E-state index in [-0.39, 0.29) is 24.2 Å². The van der Waals surface area contributed by atoms with Crippen molar-refractivity contribution in [3.63, 3.8) is 0 Å². The number of nitrogens with zero attached hydrogens (tertiary/aromatic N) is 1. The number of hydrogen-bond acceptors (Lipinski definition) is 5. The Bertz CT molecular complexity index is 506. The standard InChI is InChI=1S/C18H27NO4/c1-4-19(9-10-23-11-12(2)20)15-7-5-14(6-8-15)16-17(21)13(3)18(16)22/h5-8,13,16-18,21-22H,4,9-11H2,1-3H3. The number of rotatable bonds is 8. The highest BCUT2D eigenvalue weighted by Crippen LogP contribution is 2.42. The molecule has 0 bridgehead atoms. The number of Topliss-reactive ketones (excluding diaryl/α,β-unsaturated/α-hetero) is 1. The SMILES string of the molecule is CCN(CCOCC(C)=O)c1ccc(C2C(O)C(C)C2O)cc1. The number of aliphatic hydroxyl groups excluding tert-OH is 2. The molecule has 1 aliphatic carbocycles. The van der Waals surface area contributed by atoms with Crippen molar-refractivity contribution in [2.24, 2.45) is 5.92 Å². The number of ether oxygens (including phenoxy) is 1. The van der Waals surface area contributed by atoms with E-state index >= 15 is 0 Å². The van der Waals surface area contributed by atoms with Crippen molar-refractivity contribution in [3.05, 3.63) is 29.8 Å². The van der Waals surface area contributed by atoms with Crippen LogP contribution in [-0.2, 0) is 9.53 Å². The Kier molecular flexibility index (Phi) is 6.16.